The van der Waals surface area contributed by atoms with Gasteiger partial charge in [0.1, 0.15) is 0 Å². The topological polar surface area (TPSA) is 41.1 Å². The Morgan fingerprint density at radius 2 is 2.25 bits per heavy atom. The fourth-order valence-electron chi connectivity index (χ4n) is 2.48. The molecule has 2 atom stereocenters. The van der Waals surface area contributed by atoms with Crippen molar-refractivity contribution in [2.45, 2.75) is 32.2 Å². The molecule has 2 N–H and O–H groups in total. The number of nitrogens with one attached hydrogen (secondary N) is 2. The lowest BCUT2D eigenvalue weighted by atomic mass is 9.94. The molecular formula is C15H20Cl2N2O. The molecule has 3 nitrogen and oxygen atoms in total. The summed E-state index contributed by atoms with van der Waals surface area (Å²) in [7, 11) is 0. The second-order valence-electron chi connectivity index (χ2n) is 5.41. The van der Waals surface area contributed by atoms with Crippen LogP contribution in [0.5, 0.6) is 0 Å². The van der Waals surface area contributed by atoms with E-state index in [1.54, 1.807) is 6.07 Å². The van der Waals surface area contributed by atoms with Crippen LogP contribution in [0.15, 0.2) is 18.2 Å². The van der Waals surface area contributed by atoms with Crippen molar-refractivity contribution in [1.82, 2.24) is 10.6 Å². The number of carbonyl (C=O) groups is 1. The van der Waals surface area contributed by atoms with Gasteiger partial charge in [0, 0.05) is 16.6 Å². The first-order chi connectivity index (χ1) is 9.56. The van der Waals surface area contributed by atoms with Gasteiger partial charge in [-0.15, -0.1) is 0 Å². The summed E-state index contributed by atoms with van der Waals surface area (Å²) in [5.41, 5.74) is 1.00. The normalized spacial score (nSPS) is 22.6. The fourth-order valence-corrected chi connectivity index (χ4v) is 2.98. The first-order valence-corrected chi connectivity index (χ1v) is 7.77. The Hall–Kier alpha value is -0.770. The monoisotopic (exact) mass is 314 g/mol. The van der Waals surface area contributed by atoms with E-state index in [-0.39, 0.29) is 11.9 Å². The van der Waals surface area contributed by atoms with Crippen LogP contribution in [0.4, 0.5) is 0 Å². The van der Waals surface area contributed by atoms with Crippen molar-refractivity contribution >= 4 is 29.1 Å². The summed E-state index contributed by atoms with van der Waals surface area (Å²) >= 11 is 12.0. The van der Waals surface area contributed by atoms with Gasteiger partial charge in [-0.1, -0.05) is 36.2 Å². The standard InChI is InChI=1S/C15H20Cl2N2O/c1-10-4-6-18-14(8-10)15(20)19-7-5-11-2-3-12(16)9-13(11)17/h2-3,9-10,14,18H,4-8H2,1H3,(H,19,20). The molecule has 1 aromatic rings. The number of piperidine rings is 1. The molecule has 20 heavy (non-hydrogen) atoms. The number of carbonyl (C=O) groups excluding carboxylic acids is 1. The van der Waals surface area contributed by atoms with E-state index in [9.17, 15) is 4.79 Å². The molecule has 0 radical (unpaired) electrons. The SMILES string of the molecule is CC1CCNC(C(=O)NCCc2ccc(Cl)cc2Cl)C1. The molecule has 110 valence electrons. The van der Waals surface area contributed by atoms with E-state index < -0.39 is 0 Å². The number of rotatable bonds is 4. The van der Waals surface area contributed by atoms with Crippen LogP contribution in [0, 0.1) is 5.92 Å². The van der Waals surface area contributed by atoms with E-state index >= 15 is 0 Å². The smallest absolute Gasteiger partial charge is 0.237 e. The van der Waals surface area contributed by atoms with E-state index in [0.29, 0.717) is 28.9 Å². The van der Waals surface area contributed by atoms with Gasteiger partial charge >= 0.3 is 0 Å². The van der Waals surface area contributed by atoms with Crippen LogP contribution in [0.1, 0.15) is 25.3 Å². The third-order valence-electron chi connectivity index (χ3n) is 3.69. The number of hydrogen-bond acceptors (Lipinski definition) is 2. The van der Waals surface area contributed by atoms with Gasteiger partial charge in [-0.05, 0) is 49.4 Å². The van der Waals surface area contributed by atoms with Crippen LogP contribution in [-0.4, -0.2) is 25.0 Å². The van der Waals surface area contributed by atoms with E-state index in [0.717, 1.165) is 24.9 Å². The average Bonchev–Trinajstić information content (AvgIpc) is 2.41. The highest BCUT2D eigenvalue weighted by Gasteiger charge is 2.23. The van der Waals surface area contributed by atoms with E-state index in [1.165, 1.54) is 0 Å². The number of benzene rings is 1. The van der Waals surface area contributed by atoms with Crippen molar-refractivity contribution in [2.75, 3.05) is 13.1 Å². The van der Waals surface area contributed by atoms with Gasteiger partial charge in [-0.25, -0.2) is 0 Å². The Kier molecular flexibility index (Phi) is 5.70. The quantitative estimate of drug-likeness (QED) is 0.897. The summed E-state index contributed by atoms with van der Waals surface area (Å²) in [5, 5.41) is 7.51. The summed E-state index contributed by atoms with van der Waals surface area (Å²) in [5.74, 6) is 0.694. The van der Waals surface area contributed by atoms with Gasteiger partial charge in [0.25, 0.3) is 0 Å². The first kappa shape index (κ1) is 15.6. The molecule has 1 amide bonds. The molecule has 1 fully saturated rings. The van der Waals surface area contributed by atoms with Crippen molar-refractivity contribution in [3.8, 4) is 0 Å². The average molecular weight is 315 g/mol. The lowest BCUT2D eigenvalue weighted by Gasteiger charge is -2.27. The number of hydrogen-bond donors (Lipinski definition) is 2. The van der Waals surface area contributed by atoms with Crippen LogP contribution in [0.25, 0.3) is 0 Å². The van der Waals surface area contributed by atoms with E-state index in [1.807, 2.05) is 12.1 Å². The molecule has 1 heterocycles. The van der Waals surface area contributed by atoms with Crippen LogP contribution in [-0.2, 0) is 11.2 Å². The first-order valence-electron chi connectivity index (χ1n) is 7.01. The molecule has 0 saturated carbocycles. The van der Waals surface area contributed by atoms with Crippen molar-refractivity contribution in [1.29, 1.82) is 0 Å². The van der Waals surface area contributed by atoms with E-state index in [4.69, 9.17) is 23.2 Å². The fraction of sp³-hybridized carbons (Fsp3) is 0.533. The zero-order valence-corrected chi connectivity index (χ0v) is 13.1. The molecule has 5 heteroatoms. The predicted octanol–water partition coefficient (Wildman–Crippen LogP) is 3.04. The molecule has 0 bridgehead atoms. The zero-order chi connectivity index (χ0) is 14.5. The highest BCUT2D eigenvalue weighted by Crippen LogP contribution is 2.21. The van der Waals surface area contributed by atoms with Crippen LogP contribution >= 0.6 is 23.2 Å². The summed E-state index contributed by atoms with van der Waals surface area (Å²) in [6, 6.07) is 5.39. The summed E-state index contributed by atoms with van der Waals surface area (Å²) < 4.78 is 0. The molecule has 0 spiro atoms. The van der Waals surface area contributed by atoms with Gasteiger partial charge in [-0.3, -0.25) is 4.79 Å². The Morgan fingerprint density at radius 3 is 2.95 bits per heavy atom. The van der Waals surface area contributed by atoms with Gasteiger partial charge in [-0.2, -0.15) is 0 Å². The zero-order valence-electron chi connectivity index (χ0n) is 11.6. The Labute approximate surface area is 130 Å². The minimum absolute atomic E-state index is 0.0561. The summed E-state index contributed by atoms with van der Waals surface area (Å²) in [6.45, 7) is 3.70. The highest BCUT2D eigenvalue weighted by molar-refractivity contribution is 6.35. The lowest BCUT2D eigenvalue weighted by molar-refractivity contribution is -0.123. The van der Waals surface area contributed by atoms with Crippen molar-refractivity contribution in [2.24, 2.45) is 5.92 Å². The molecule has 1 aromatic carbocycles. The Balaban J connectivity index is 1.79. The van der Waals surface area contributed by atoms with Crippen LogP contribution in [0.2, 0.25) is 10.0 Å². The van der Waals surface area contributed by atoms with Gasteiger partial charge in [0.15, 0.2) is 0 Å². The van der Waals surface area contributed by atoms with Gasteiger partial charge in [0.05, 0.1) is 6.04 Å². The molecule has 2 unspecified atom stereocenters. The van der Waals surface area contributed by atoms with Crippen LogP contribution < -0.4 is 10.6 Å². The van der Waals surface area contributed by atoms with Gasteiger partial charge in [0.2, 0.25) is 5.91 Å². The Bertz CT molecular complexity index is 479. The van der Waals surface area contributed by atoms with Gasteiger partial charge < -0.3 is 10.6 Å². The summed E-state index contributed by atoms with van der Waals surface area (Å²) in [6.07, 6.45) is 2.77. The minimum atomic E-state index is -0.0561. The molecule has 1 saturated heterocycles. The van der Waals surface area contributed by atoms with Crippen molar-refractivity contribution in [3.63, 3.8) is 0 Å². The number of amides is 1. The third kappa shape index (κ3) is 4.37. The highest BCUT2D eigenvalue weighted by atomic mass is 35.5. The molecule has 1 aliphatic heterocycles. The summed E-state index contributed by atoms with van der Waals surface area (Å²) in [4.78, 5) is 12.0. The molecular weight excluding hydrogens is 295 g/mol. The maximum Gasteiger partial charge on any atom is 0.237 e. The minimum Gasteiger partial charge on any atom is -0.354 e. The maximum absolute atomic E-state index is 12.0. The molecule has 1 aliphatic rings. The lowest BCUT2D eigenvalue weighted by Crippen LogP contribution is -2.48. The largest absolute Gasteiger partial charge is 0.354 e. The number of halogens is 2. The van der Waals surface area contributed by atoms with Crippen molar-refractivity contribution < 1.29 is 4.79 Å². The predicted molar refractivity (Wildman–Crippen MR) is 83.4 cm³/mol. The molecule has 0 aliphatic carbocycles. The maximum atomic E-state index is 12.0. The Morgan fingerprint density at radius 1 is 1.45 bits per heavy atom. The second kappa shape index (κ2) is 7.30. The van der Waals surface area contributed by atoms with Crippen molar-refractivity contribution in [3.05, 3.63) is 33.8 Å². The molecule has 0 aromatic heterocycles. The molecule has 2 rings (SSSR count). The van der Waals surface area contributed by atoms with Crippen LogP contribution in [0.3, 0.4) is 0 Å². The third-order valence-corrected chi connectivity index (χ3v) is 4.28. The second-order valence-corrected chi connectivity index (χ2v) is 6.26. The van der Waals surface area contributed by atoms with E-state index in [2.05, 4.69) is 17.6 Å².